The molecule has 0 spiro atoms. The van der Waals surface area contributed by atoms with Crippen LogP contribution in [0.3, 0.4) is 0 Å². The third-order valence-electron chi connectivity index (χ3n) is 4.87. The number of carbonyl (C=O) groups excluding carboxylic acids is 2. The Morgan fingerprint density at radius 3 is 2.29 bits per heavy atom. The number of hydrogen-bond donors (Lipinski definition) is 2. The zero-order valence-corrected chi connectivity index (χ0v) is 16.4. The van der Waals surface area contributed by atoms with Crippen molar-refractivity contribution in [1.29, 1.82) is 0 Å². The van der Waals surface area contributed by atoms with Crippen LogP contribution >= 0.6 is 0 Å². The first-order chi connectivity index (χ1) is 13.6. The number of hydrogen-bond acceptors (Lipinski definition) is 4. The second kappa shape index (κ2) is 9.37. The predicted octanol–water partition coefficient (Wildman–Crippen LogP) is 3.36. The summed E-state index contributed by atoms with van der Waals surface area (Å²) >= 11 is 0. The van der Waals surface area contributed by atoms with Gasteiger partial charge in [-0.05, 0) is 48.9 Å². The lowest BCUT2D eigenvalue weighted by molar-refractivity contribution is -0.115. The SMILES string of the molecule is CCC(=O)Nc1ccc(C(C)NC(=O)c2ccc(N3CCOCC3)cc2)cc1. The van der Waals surface area contributed by atoms with Gasteiger partial charge < -0.3 is 20.3 Å². The third kappa shape index (κ3) is 5.10. The second-order valence-corrected chi connectivity index (χ2v) is 6.87. The molecule has 2 N–H and O–H groups in total. The first kappa shape index (κ1) is 19.9. The van der Waals surface area contributed by atoms with E-state index < -0.39 is 0 Å². The number of rotatable bonds is 6. The van der Waals surface area contributed by atoms with Gasteiger partial charge in [0.15, 0.2) is 0 Å². The van der Waals surface area contributed by atoms with E-state index in [-0.39, 0.29) is 17.9 Å². The molecular weight excluding hydrogens is 354 g/mol. The molecule has 3 rings (SSSR count). The quantitative estimate of drug-likeness (QED) is 0.805. The zero-order valence-electron chi connectivity index (χ0n) is 16.4. The zero-order chi connectivity index (χ0) is 19.9. The molecule has 1 aliphatic heterocycles. The van der Waals surface area contributed by atoms with E-state index >= 15 is 0 Å². The van der Waals surface area contributed by atoms with E-state index in [0.717, 1.165) is 43.2 Å². The summed E-state index contributed by atoms with van der Waals surface area (Å²) in [5.41, 5.74) is 3.48. The van der Waals surface area contributed by atoms with Crippen LogP contribution in [-0.4, -0.2) is 38.1 Å². The molecule has 1 fully saturated rings. The Hall–Kier alpha value is -2.86. The van der Waals surface area contributed by atoms with E-state index in [4.69, 9.17) is 4.74 Å². The van der Waals surface area contributed by atoms with Gasteiger partial charge in [-0.15, -0.1) is 0 Å². The molecule has 6 heteroatoms. The largest absolute Gasteiger partial charge is 0.378 e. The number of benzene rings is 2. The molecule has 0 bridgehead atoms. The smallest absolute Gasteiger partial charge is 0.251 e. The van der Waals surface area contributed by atoms with E-state index in [1.54, 1.807) is 0 Å². The van der Waals surface area contributed by atoms with Crippen LogP contribution in [-0.2, 0) is 9.53 Å². The summed E-state index contributed by atoms with van der Waals surface area (Å²) in [6.45, 7) is 6.98. The Kier molecular flexibility index (Phi) is 6.66. The number of nitrogens with zero attached hydrogens (tertiary/aromatic N) is 1. The molecule has 1 unspecified atom stereocenters. The van der Waals surface area contributed by atoms with Gasteiger partial charge in [-0.25, -0.2) is 0 Å². The molecule has 2 aromatic carbocycles. The summed E-state index contributed by atoms with van der Waals surface area (Å²) < 4.78 is 5.37. The Morgan fingerprint density at radius 2 is 1.68 bits per heavy atom. The Bertz CT molecular complexity index is 797. The standard InChI is InChI=1S/C22H27N3O3/c1-3-21(26)24-19-8-4-17(5-9-19)16(2)23-22(27)18-6-10-20(11-7-18)25-12-14-28-15-13-25/h4-11,16H,3,12-15H2,1-2H3,(H,23,27)(H,24,26). The van der Waals surface area contributed by atoms with Gasteiger partial charge >= 0.3 is 0 Å². The maximum atomic E-state index is 12.6. The van der Waals surface area contributed by atoms with Crippen LogP contribution in [0.15, 0.2) is 48.5 Å². The molecule has 1 heterocycles. The lowest BCUT2D eigenvalue weighted by Gasteiger charge is -2.28. The summed E-state index contributed by atoms with van der Waals surface area (Å²) in [6, 6.07) is 15.1. The average molecular weight is 381 g/mol. The van der Waals surface area contributed by atoms with Gasteiger partial charge in [-0.2, -0.15) is 0 Å². The number of nitrogens with one attached hydrogen (secondary N) is 2. The minimum Gasteiger partial charge on any atom is -0.378 e. The van der Waals surface area contributed by atoms with Crippen LogP contribution in [0.2, 0.25) is 0 Å². The summed E-state index contributed by atoms with van der Waals surface area (Å²) in [5.74, 6) is -0.126. The van der Waals surface area contributed by atoms with E-state index in [0.29, 0.717) is 12.0 Å². The van der Waals surface area contributed by atoms with E-state index in [9.17, 15) is 9.59 Å². The molecule has 1 saturated heterocycles. The highest BCUT2D eigenvalue weighted by molar-refractivity contribution is 5.94. The average Bonchev–Trinajstić information content (AvgIpc) is 2.74. The highest BCUT2D eigenvalue weighted by atomic mass is 16.5. The van der Waals surface area contributed by atoms with Crippen LogP contribution in [0.4, 0.5) is 11.4 Å². The summed E-state index contributed by atoms with van der Waals surface area (Å²) in [6.07, 6.45) is 0.443. The van der Waals surface area contributed by atoms with Crippen LogP contribution in [0.25, 0.3) is 0 Å². The fourth-order valence-electron chi connectivity index (χ4n) is 3.11. The first-order valence-corrected chi connectivity index (χ1v) is 9.70. The molecule has 0 radical (unpaired) electrons. The molecule has 0 aliphatic carbocycles. The maximum absolute atomic E-state index is 12.6. The topological polar surface area (TPSA) is 70.7 Å². The van der Waals surface area contributed by atoms with Crippen molar-refractivity contribution in [1.82, 2.24) is 5.32 Å². The van der Waals surface area contributed by atoms with Crippen molar-refractivity contribution in [3.05, 3.63) is 59.7 Å². The molecule has 0 aromatic heterocycles. The van der Waals surface area contributed by atoms with Crippen LogP contribution in [0.1, 0.15) is 42.2 Å². The van der Waals surface area contributed by atoms with Crippen LogP contribution in [0, 0.1) is 0 Å². The van der Waals surface area contributed by atoms with Gasteiger partial charge in [-0.3, -0.25) is 9.59 Å². The number of anilines is 2. The Morgan fingerprint density at radius 1 is 1.04 bits per heavy atom. The van der Waals surface area contributed by atoms with Gasteiger partial charge in [0.25, 0.3) is 5.91 Å². The summed E-state index contributed by atoms with van der Waals surface area (Å²) in [5, 5.41) is 5.84. The summed E-state index contributed by atoms with van der Waals surface area (Å²) in [7, 11) is 0. The lowest BCUT2D eigenvalue weighted by Crippen LogP contribution is -2.36. The first-order valence-electron chi connectivity index (χ1n) is 9.70. The van der Waals surface area contributed by atoms with Crippen molar-refractivity contribution in [2.45, 2.75) is 26.3 Å². The monoisotopic (exact) mass is 381 g/mol. The highest BCUT2D eigenvalue weighted by Gasteiger charge is 2.14. The van der Waals surface area contributed by atoms with Crippen LogP contribution in [0.5, 0.6) is 0 Å². The molecule has 6 nitrogen and oxygen atoms in total. The molecular formula is C22H27N3O3. The number of morpholine rings is 1. The van der Waals surface area contributed by atoms with E-state index in [2.05, 4.69) is 15.5 Å². The highest BCUT2D eigenvalue weighted by Crippen LogP contribution is 2.19. The molecule has 1 aliphatic rings. The number of amides is 2. The van der Waals surface area contributed by atoms with Gasteiger partial charge in [-0.1, -0.05) is 19.1 Å². The van der Waals surface area contributed by atoms with E-state index in [1.807, 2.05) is 62.4 Å². The Balaban J connectivity index is 1.58. The fourth-order valence-corrected chi connectivity index (χ4v) is 3.11. The van der Waals surface area contributed by atoms with Crippen LogP contribution < -0.4 is 15.5 Å². The van der Waals surface area contributed by atoms with Crippen molar-refractivity contribution in [3.8, 4) is 0 Å². The maximum Gasteiger partial charge on any atom is 0.251 e. The molecule has 148 valence electrons. The molecule has 2 amide bonds. The molecule has 1 atom stereocenters. The van der Waals surface area contributed by atoms with E-state index in [1.165, 1.54) is 0 Å². The number of carbonyl (C=O) groups is 2. The van der Waals surface area contributed by atoms with Crippen molar-refractivity contribution >= 4 is 23.2 Å². The minimum atomic E-state index is -0.137. The van der Waals surface area contributed by atoms with Crippen molar-refractivity contribution in [3.63, 3.8) is 0 Å². The molecule has 2 aromatic rings. The lowest BCUT2D eigenvalue weighted by atomic mass is 10.1. The van der Waals surface area contributed by atoms with Crippen molar-refractivity contribution < 1.29 is 14.3 Å². The molecule has 0 saturated carbocycles. The second-order valence-electron chi connectivity index (χ2n) is 6.87. The van der Waals surface area contributed by atoms with Crippen molar-refractivity contribution in [2.75, 3.05) is 36.5 Å². The van der Waals surface area contributed by atoms with Gasteiger partial charge in [0, 0.05) is 36.4 Å². The number of ether oxygens (including phenoxy) is 1. The predicted molar refractivity (Wildman–Crippen MR) is 111 cm³/mol. The third-order valence-corrected chi connectivity index (χ3v) is 4.87. The minimum absolute atomic E-state index is 0.0189. The van der Waals surface area contributed by atoms with Gasteiger partial charge in [0.2, 0.25) is 5.91 Å². The summed E-state index contributed by atoms with van der Waals surface area (Å²) in [4.78, 5) is 26.3. The van der Waals surface area contributed by atoms with Gasteiger partial charge in [0.05, 0.1) is 19.3 Å². The fraction of sp³-hybridized carbons (Fsp3) is 0.364. The molecule has 28 heavy (non-hydrogen) atoms. The van der Waals surface area contributed by atoms with Gasteiger partial charge in [0.1, 0.15) is 0 Å². The normalized spacial score (nSPS) is 15.0. The Labute approximate surface area is 165 Å². The van der Waals surface area contributed by atoms with Crippen molar-refractivity contribution in [2.24, 2.45) is 0 Å².